The van der Waals surface area contributed by atoms with Crippen LogP contribution in [-0.4, -0.2) is 30.6 Å². The molecule has 2 N–H and O–H groups in total. The Bertz CT molecular complexity index is 367. The number of fused-ring (bicyclic) bond motifs is 1. The molecule has 0 spiro atoms. The summed E-state index contributed by atoms with van der Waals surface area (Å²) in [6.07, 6.45) is 4.86. The molecule has 1 aromatic carbocycles. The molecular formula is C14H21NOS. The van der Waals surface area contributed by atoms with E-state index in [1.165, 1.54) is 41.7 Å². The first-order chi connectivity index (χ1) is 8.29. The molecule has 1 atom stereocenters. The lowest BCUT2D eigenvalue weighted by Gasteiger charge is -2.17. The molecule has 1 aromatic rings. The molecule has 0 aromatic heterocycles. The van der Waals surface area contributed by atoms with Gasteiger partial charge in [-0.15, -0.1) is 11.8 Å². The van der Waals surface area contributed by atoms with Crippen LogP contribution in [-0.2, 0) is 12.8 Å². The van der Waals surface area contributed by atoms with Crippen molar-refractivity contribution in [1.82, 2.24) is 5.32 Å². The Hall–Kier alpha value is -0.510. The average Bonchev–Trinajstić information content (AvgIpc) is 2.36. The van der Waals surface area contributed by atoms with Gasteiger partial charge < -0.3 is 10.4 Å². The normalized spacial score (nSPS) is 16.6. The molecule has 94 valence electrons. The van der Waals surface area contributed by atoms with Crippen LogP contribution in [0, 0.1) is 0 Å². The van der Waals surface area contributed by atoms with E-state index in [1.54, 1.807) is 11.8 Å². The van der Waals surface area contributed by atoms with Crippen molar-refractivity contribution in [3.05, 3.63) is 29.3 Å². The van der Waals surface area contributed by atoms with Crippen molar-refractivity contribution in [2.24, 2.45) is 0 Å². The van der Waals surface area contributed by atoms with Crippen molar-refractivity contribution in [2.45, 2.75) is 36.7 Å². The van der Waals surface area contributed by atoms with Crippen LogP contribution in [0.3, 0.4) is 0 Å². The Labute approximate surface area is 108 Å². The molecule has 1 aliphatic rings. The first-order valence-corrected chi connectivity index (χ1v) is 7.35. The number of hydrogen-bond acceptors (Lipinski definition) is 3. The lowest BCUT2D eigenvalue weighted by Crippen LogP contribution is -2.25. The number of aryl methyl sites for hydroxylation is 2. The van der Waals surface area contributed by atoms with Gasteiger partial charge >= 0.3 is 0 Å². The summed E-state index contributed by atoms with van der Waals surface area (Å²) in [7, 11) is 1.87. The van der Waals surface area contributed by atoms with Crippen LogP contribution in [0.5, 0.6) is 0 Å². The van der Waals surface area contributed by atoms with E-state index in [0.29, 0.717) is 6.54 Å². The SMILES string of the molecule is CNCC(O)CSc1ccc2c(c1)CCCC2. The fourth-order valence-electron chi connectivity index (χ4n) is 2.29. The zero-order chi connectivity index (χ0) is 12.1. The van der Waals surface area contributed by atoms with E-state index < -0.39 is 0 Å². The number of hydrogen-bond donors (Lipinski definition) is 2. The van der Waals surface area contributed by atoms with Crippen molar-refractivity contribution < 1.29 is 5.11 Å². The third-order valence-electron chi connectivity index (χ3n) is 3.20. The lowest BCUT2D eigenvalue weighted by atomic mass is 9.92. The monoisotopic (exact) mass is 251 g/mol. The summed E-state index contributed by atoms with van der Waals surface area (Å²) >= 11 is 1.75. The van der Waals surface area contributed by atoms with Gasteiger partial charge in [0, 0.05) is 17.2 Å². The maximum absolute atomic E-state index is 9.67. The summed E-state index contributed by atoms with van der Waals surface area (Å²) in [6, 6.07) is 6.77. The zero-order valence-corrected chi connectivity index (χ0v) is 11.2. The van der Waals surface area contributed by atoms with Gasteiger partial charge in [-0.3, -0.25) is 0 Å². The van der Waals surface area contributed by atoms with Gasteiger partial charge in [-0.05, 0) is 56.0 Å². The third-order valence-corrected chi connectivity index (χ3v) is 4.34. The van der Waals surface area contributed by atoms with Crippen molar-refractivity contribution in [3.63, 3.8) is 0 Å². The van der Waals surface area contributed by atoms with E-state index in [-0.39, 0.29) is 6.10 Å². The third kappa shape index (κ3) is 3.73. The predicted octanol–water partition coefficient (Wildman–Crippen LogP) is 2.24. The zero-order valence-electron chi connectivity index (χ0n) is 10.4. The van der Waals surface area contributed by atoms with Gasteiger partial charge in [0.25, 0.3) is 0 Å². The summed E-state index contributed by atoms with van der Waals surface area (Å²) in [5, 5.41) is 12.7. The van der Waals surface area contributed by atoms with Crippen LogP contribution in [0.1, 0.15) is 24.0 Å². The minimum atomic E-state index is -0.263. The van der Waals surface area contributed by atoms with Crippen molar-refractivity contribution in [1.29, 1.82) is 0 Å². The Morgan fingerprint density at radius 1 is 1.29 bits per heavy atom. The molecule has 2 rings (SSSR count). The summed E-state index contributed by atoms with van der Waals surface area (Å²) < 4.78 is 0. The van der Waals surface area contributed by atoms with Gasteiger partial charge in [-0.2, -0.15) is 0 Å². The Balaban J connectivity index is 1.93. The number of thioether (sulfide) groups is 1. The molecule has 0 radical (unpaired) electrons. The molecule has 1 aliphatic carbocycles. The maximum atomic E-state index is 9.67. The molecule has 2 nitrogen and oxygen atoms in total. The summed E-state index contributed by atoms with van der Waals surface area (Å²) in [5.74, 6) is 0.764. The summed E-state index contributed by atoms with van der Waals surface area (Å²) in [4.78, 5) is 1.29. The van der Waals surface area contributed by atoms with Gasteiger partial charge in [0.1, 0.15) is 0 Å². The van der Waals surface area contributed by atoms with E-state index in [1.807, 2.05) is 7.05 Å². The highest BCUT2D eigenvalue weighted by Gasteiger charge is 2.10. The smallest absolute Gasteiger partial charge is 0.0758 e. The van der Waals surface area contributed by atoms with Crippen LogP contribution in [0.25, 0.3) is 0 Å². The molecular weight excluding hydrogens is 230 g/mol. The van der Waals surface area contributed by atoms with E-state index in [0.717, 1.165) is 5.75 Å². The lowest BCUT2D eigenvalue weighted by molar-refractivity contribution is 0.199. The first-order valence-electron chi connectivity index (χ1n) is 6.37. The fraction of sp³-hybridized carbons (Fsp3) is 0.571. The van der Waals surface area contributed by atoms with Gasteiger partial charge in [0.05, 0.1) is 6.10 Å². The number of aliphatic hydroxyl groups is 1. The van der Waals surface area contributed by atoms with E-state index in [4.69, 9.17) is 0 Å². The second-order valence-electron chi connectivity index (χ2n) is 4.66. The van der Waals surface area contributed by atoms with E-state index in [2.05, 4.69) is 23.5 Å². The van der Waals surface area contributed by atoms with E-state index >= 15 is 0 Å². The van der Waals surface area contributed by atoms with Crippen LogP contribution in [0.2, 0.25) is 0 Å². The van der Waals surface area contributed by atoms with Crippen molar-refractivity contribution >= 4 is 11.8 Å². The predicted molar refractivity (Wildman–Crippen MR) is 73.7 cm³/mol. The number of nitrogens with one attached hydrogen (secondary N) is 1. The first kappa shape index (κ1) is 12.9. The van der Waals surface area contributed by atoms with Crippen LogP contribution < -0.4 is 5.32 Å². The van der Waals surface area contributed by atoms with Gasteiger partial charge in [-0.25, -0.2) is 0 Å². The highest BCUT2D eigenvalue weighted by Crippen LogP contribution is 2.27. The number of benzene rings is 1. The van der Waals surface area contributed by atoms with Crippen molar-refractivity contribution in [2.75, 3.05) is 19.3 Å². The number of rotatable bonds is 5. The summed E-state index contributed by atoms with van der Waals surface area (Å²) in [6.45, 7) is 0.665. The number of likely N-dealkylation sites (N-methyl/N-ethyl adjacent to an activating group) is 1. The molecule has 0 saturated carbocycles. The molecule has 17 heavy (non-hydrogen) atoms. The molecule has 0 saturated heterocycles. The fourth-order valence-corrected chi connectivity index (χ4v) is 3.18. The second-order valence-corrected chi connectivity index (χ2v) is 5.75. The van der Waals surface area contributed by atoms with Crippen LogP contribution in [0.15, 0.2) is 23.1 Å². The molecule has 0 bridgehead atoms. The van der Waals surface area contributed by atoms with Crippen LogP contribution >= 0.6 is 11.8 Å². The number of aliphatic hydroxyl groups excluding tert-OH is 1. The largest absolute Gasteiger partial charge is 0.391 e. The van der Waals surface area contributed by atoms with Gasteiger partial charge in [0.15, 0.2) is 0 Å². The molecule has 3 heteroatoms. The topological polar surface area (TPSA) is 32.3 Å². The van der Waals surface area contributed by atoms with E-state index in [9.17, 15) is 5.11 Å². The molecule has 0 amide bonds. The Morgan fingerprint density at radius 3 is 2.82 bits per heavy atom. The Morgan fingerprint density at radius 2 is 2.06 bits per heavy atom. The quantitative estimate of drug-likeness (QED) is 0.787. The standard InChI is InChI=1S/C14H21NOS/c1-15-9-13(16)10-17-14-7-6-11-4-2-3-5-12(11)8-14/h6-8,13,15-16H,2-5,9-10H2,1H3. The highest BCUT2D eigenvalue weighted by atomic mass is 32.2. The Kier molecular flexibility index (Phi) is 4.89. The summed E-state index contributed by atoms with van der Waals surface area (Å²) in [5.41, 5.74) is 3.04. The minimum absolute atomic E-state index is 0.263. The van der Waals surface area contributed by atoms with Crippen molar-refractivity contribution in [3.8, 4) is 0 Å². The van der Waals surface area contributed by atoms with Crippen LogP contribution in [0.4, 0.5) is 0 Å². The molecule has 0 fully saturated rings. The highest BCUT2D eigenvalue weighted by molar-refractivity contribution is 7.99. The molecule has 0 aliphatic heterocycles. The average molecular weight is 251 g/mol. The minimum Gasteiger partial charge on any atom is -0.391 e. The van der Waals surface area contributed by atoms with Gasteiger partial charge in [0.2, 0.25) is 0 Å². The maximum Gasteiger partial charge on any atom is 0.0758 e. The molecule has 0 heterocycles. The second kappa shape index (κ2) is 6.43. The van der Waals surface area contributed by atoms with Gasteiger partial charge in [-0.1, -0.05) is 6.07 Å². The molecule has 1 unspecified atom stereocenters.